The monoisotopic (exact) mass is 223 g/mol. The van der Waals surface area contributed by atoms with Gasteiger partial charge < -0.3 is 15.5 Å². The van der Waals surface area contributed by atoms with Gasteiger partial charge in [0.25, 0.3) is 5.91 Å². The van der Waals surface area contributed by atoms with Crippen molar-refractivity contribution in [3.63, 3.8) is 0 Å². The number of aromatic nitrogens is 2. The zero-order chi connectivity index (χ0) is 11.7. The second-order valence-corrected chi connectivity index (χ2v) is 4.31. The number of hydrogen-bond acceptors (Lipinski definition) is 4. The van der Waals surface area contributed by atoms with Crippen molar-refractivity contribution in [3.8, 4) is 0 Å². The summed E-state index contributed by atoms with van der Waals surface area (Å²) in [6.45, 7) is 4.57. The number of anilines is 1. The Hall–Kier alpha value is -1.56. The summed E-state index contributed by atoms with van der Waals surface area (Å²) in [7, 11) is 2.06. The molecule has 1 aromatic heterocycles. The van der Waals surface area contributed by atoms with Crippen LogP contribution in [-0.2, 0) is 0 Å². The number of nitrogens with two attached hydrogens (primary N) is 1. The zero-order valence-corrected chi connectivity index (χ0v) is 9.60. The molecule has 1 unspecified atom stereocenters. The number of nitrogen functional groups attached to an aromatic ring is 1. The molecule has 0 saturated carbocycles. The lowest BCUT2D eigenvalue weighted by atomic mass is 10.1. The van der Waals surface area contributed by atoms with Crippen LogP contribution in [0.25, 0.3) is 0 Å². The summed E-state index contributed by atoms with van der Waals surface area (Å²) in [6.07, 6.45) is 1.49. The van der Waals surface area contributed by atoms with Crippen LogP contribution in [-0.4, -0.2) is 58.6 Å². The van der Waals surface area contributed by atoms with E-state index in [1.54, 1.807) is 0 Å². The summed E-state index contributed by atoms with van der Waals surface area (Å²) in [5, 5.41) is 6.35. The van der Waals surface area contributed by atoms with Gasteiger partial charge in [-0.05, 0) is 14.0 Å². The maximum atomic E-state index is 12.2. The molecule has 0 aliphatic carbocycles. The molecule has 2 heterocycles. The van der Waals surface area contributed by atoms with Gasteiger partial charge in [-0.1, -0.05) is 0 Å². The fourth-order valence-corrected chi connectivity index (χ4v) is 2.06. The molecule has 1 aromatic rings. The van der Waals surface area contributed by atoms with E-state index >= 15 is 0 Å². The highest BCUT2D eigenvalue weighted by Gasteiger charge is 2.28. The maximum absolute atomic E-state index is 12.2. The molecule has 0 radical (unpaired) electrons. The molecular weight excluding hydrogens is 206 g/mol. The Morgan fingerprint density at radius 2 is 2.38 bits per heavy atom. The lowest BCUT2D eigenvalue weighted by Crippen LogP contribution is -2.52. The fourth-order valence-electron chi connectivity index (χ4n) is 2.06. The van der Waals surface area contributed by atoms with E-state index < -0.39 is 0 Å². The van der Waals surface area contributed by atoms with E-state index in [1.165, 1.54) is 6.20 Å². The van der Waals surface area contributed by atoms with Gasteiger partial charge in [0.1, 0.15) is 11.4 Å². The third kappa shape index (κ3) is 1.88. The average molecular weight is 223 g/mol. The molecule has 6 heteroatoms. The number of amides is 1. The van der Waals surface area contributed by atoms with E-state index in [-0.39, 0.29) is 11.9 Å². The first-order valence-electron chi connectivity index (χ1n) is 5.38. The minimum atomic E-state index is -0.0353. The molecule has 1 fully saturated rings. The Kier molecular flexibility index (Phi) is 2.82. The molecule has 88 valence electrons. The number of H-pyrrole nitrogens is 1. The van der Waals surface area contributed by atoms with Crippen LogP contribution in [0.5, 0.6) is 0 Å². The van der Waals surface area contributed by atoms with Gasteiger partial charge in [-0.25, -0.2) is 0 Å². The predicted octanol–water partition coefficient (Wildman–Crippen LogP) is -0.232. The molecule has 1 atom stereocenters. The summed E-state index contributed by atoms with van der Waals surface area (Å²) in [6, 6.07) is 0.209. The molecule has 0 bridgehead atoms. The first-order valence-corrected chi connectivity index (χ1v) is 5.38. The van der Waals surface area contributed by atoms with Crippen LogP contribution in [0.1, 0.15) is 17.3 Å². The second kappa shape index (κ2) is 4.13. The van der Waals surface area contributed by atoms with Crippen LogP contribution in [0.3, 0.4) is 0 Å². The van der Waals surface area contributed by atoms with E-state index in [9.17, 15) is 4.79 Å². The minimum Gasteiger partial charge on any atom is -0.383 e. The molecule has 2 rings (SSSR count). The average Bonchev–Trinajstić information content (AvgIpc) is 2.63. The summed E-state index contributed by atoms with van der Waals surface area (Å²) in [5.74, 6) is 0.308. The first-order chi connectivity index (χ1) is 7.59. The van der Waals surface area contributed by atoms with Crippen LogP contribution in [0.15, 0.2) is 6.20 Å². The van der Waals surface area contributed by atoms with Crippen LogP contribution in [0.4, 0.5) is 5.82 Å². The molecule has 3 N–H and O–H groups in total. The number of aromatic amines is 1. The topological polar surface area (TPSA) is 78.2 Å². The van der Waals surface area contributed by atoms with E-state index in [0.29, 0.717) is 11.4 Å². The molecule has 1 aliphatic rings. The summed E-state index contributed by atoms with van der Waals surface area (Å²) in [5.41, 5.74) is 6.11. The molecule has 1 amide bonds. The predicted molar refractivity (Wildman–Crippen MR) is 61.0 cm³/mol. The van der Waals surface area contributed by atoms with Crippen molar-refractivity contribution < 1.29 is 4.79 Å². The standard InChI is InChI=1S/C10H17N5O/c1-7-6-14(2)3-4-15(7)10(16)8-5-12-13-9(8)11/h5,7H,3-4,6H2,1-2H3,(H3,11,12,13). The number of carbonyl (C=O) groups is 1. The Bertz CT molecular complexity index is 388. The Morgan fingerprint density at radius 1 is 1.62 bits per heavy atom. The number of likely N-dealkylation sites (N-methyl/N-ethyl adjacent to an activating group) is 1. The Labute approximate surface area is 94.4 Å². The minimum absolute atomic E-state index is 0.0353. The van der Waals surface area contributed by atoms with Crippen LogP contribution in [0.2, 0.25) is 0 Å². The van der Waals surface area contributed by atoms with Gasteiger partial charge in [-0.15, -0.1) is 0 Å². The molecule has 1 aliphatic heterocycles. The van der Waals surface area contributed by atoms with E-state index in [2.05, 4.69) is 22.1 Å². The fraction of sp³-hybridized carbons (Fsp3) is 0.600. The lowest BCUT2D eigenvalue weighted by molar-refractivity contribution is 0.0534. The van der Waals surface area contributed by atoms with Crippen molar-refractivity contribution in [3.05, 3.63) is 11.8 Å². The first kappa shape index (κ1) is 10.9. The van der Waals surface area contributed by atoms with Crippen molar-refractivity contribution >= 4 is 11.7 Å². The smallest absolute Gasteiger partial charge is 0.259 e. The van der Waals surface area contributed by atoms with Crippen LogP contribution < -0.4 is 5.73 Å². The number of rotatable bonds is 1. The van der Waals surface area contributed by atoms with E-state index in [4.69, 9.17) is 5.73 Å². The highest BCUT2D eigenvalue weighted by molar-refractivity contribution is 5.98. The van der Waals surface area contributed by atoms with Gasteiger partial charge in [0, 0.05) is 25.7 Å². The largest absolute Gasteiger partial charge is 0.383 e. The quantitative estimate of drug-likeness (QED) is 0.689. The SMILES string of the molecule is CC1CN(C)CCN1C(=O)c1cn[nH]c1N. The highest BCUT2D eigenvalue weighted by atomic mass is 16.2. The summed E-state index contributed by atoms with van der Waals surface area (Å²) >= 11 is 0. The zero-order valence-electron chi connectivity index (χ0n) is 9.60. The maximum Gasteiger partial charge on any atom is 0.259 e. The van der Waals surface area contributed by atoms with Gasteiger partial charge in [0.05, 0.1) is 6.20 Å². The second-order valence-electron chi connectivity index (χ2n) is 4.31. The number of nitrogens with zero attached hydrogens (tertiary/aromatic N) is 3. The van der Waals surface area contributed by atoms with Gasteiger partial charge >= 0.3 is 0 Å². The van der Waals surface area contributed by atoms with Crippen LogP contribution in [0, 0.1) is 0 Å². The lowest BCUT2D eigenvalue weighted by Gasteiger charge is -2.38. The number of hydrogen-bond donors (Lipinski definition) is 2. The van der Waals surface area contributed by atoms with Crippen molar-refractivity contribution in [1.82, 2.24) is 20.0 Å². The number of nitrogens with one attached hydrogen (secondary N) is 1. The third-order valence-electron chi connectivity index (χ3n) is 2.99. The number of piperazine rings is 1. The number of carbonyl (C=O) groups excluding carboxylic acids is 1. The Balaban J connectivity index is 2.14. The molecule has 1 saturated heterocycles. The van der Waals surface area contributed by atoms with Crippen molar-refractivity contribution in [1.29, 1.82) is 0 Å². The third-order valence-corrected chi connectivity index (χ3v) is 2.99. The van der Waals surface area contributed by atoms with Crippen molar-refractivity contribution in [2.24, 2.45) is 0 Å². The van der Waals surface area contributed by atoms with Gasteiger partial charge in [0.2, 0.25) is 0 Å². The van der Waals surface area contributed by atoms with Gasteiger partial charge in [-0.3, -0.25) is 9.89 Å². The van der Waals surface area contributed by atoms with Gasteiger partial charge in [0.15, 0.2) is 0 Å². The summed E-state index contributed by atoms with van der Waals surface area (Å²) < 4.78 is 0. The molecule has 16 heavy (non-hydrogen) atoms. The Morgan fingerprint density at radius 3 is 2.94 bits per heavy atom. The van der Waals surface area contributed by atoms with Crippen molar-refractivity contribution in [2.75, 3.05) is 32.4 Å². The van der Waals surface area contributed by atoms with E-state index in [0.717, 1.165) is 19.6 Å². The molecule has 0 aromatic carbocycles. The van der Waals surface area contributed by atoms with Gasteiger partial charge in [-0.2, -0.15) is 5.10 Å². The molecule has 0 spiro atoms. The molecule has 6 nitrogen and oxygen atoms in total. The van der Waals surface area contributed by atoms with Crippen molar-refractivity contribution in [2.45, 2.75) is 13.0 Å². The highest BCUT2D eigenvalue weighted by Crippen LogP contribution is 2.15. The van der Waals surface area contributed by atoms with Crippen LogP contribution >= 0.6 is 0 Å². The molecular formula is C10H17N5O. The van der Waals surface area contributed by atoms with E-state index in [1.807, 2.05) is 11.8 Å². The normalized spacial score (nSPS) is 22.4. The summed E-state index contributed by atoms with van der Waals surface area (Å²) in [4.78, 5) is 16.2.